The summed E-state index contributed by atoms with van der Waals surface area (Å²) in [4.78, 5) is 13.1. The van der Waals surface area contributed by atoms with Crippen LogP contribution in [0.4, 0.5) is 11.6 Å². The van der Waals surface area contributed by atoms with E-state index in [2.05, 4.69) is 33.8 Å². The lowest BCUT2D eigenvalue weighted by Crippen LogP contribution is -2.35. The summed E-state index contributed by atoms with van der Waals surface area (Å²) in [5.41, 5.74) is 5.19. The van der Waals surface area contributed by atoms with Gasteiger partial charge in [0.1, 0.15) is 0 Å². The number of nitrogens with one attached hydrogen (secondary N) is 1. The molecule has 1 aliphatic rings. The van der Waals surface area contributed by atoms with Crippen LogP contribution >= 0.6 is 11.3 Å². The minimum Gasteiger partial charge on any atom is -0.379 e. The fourth-order valence-corrected chi connectivity index (χ4v) is 6.85. The van der Waals surface area contributed by atoms with Crippen molar-refractivity contribution in [2.24, 2.45) is 0 Å². The number of hydrogen-bond donors (Lipinski definition) is 1. The standard InChI is InChI=1S/C29H29N5O3S2/c1-20-3-9-24(10-4-20)39(35,36)34-12-11-25-27(26-17-21(2)19-38-26)31-29(32-28(25)34)30-23-7-5-22(6-8-23)18-33-13-15-37-16-14-33/h3-12,17,19H,13-16,18H2,1-2H3,(H,30,31,32). The average molecular weight is 560 g/mol. The topological polar surface area (TPSA) is 89.4 Å². The number of morpholine rings is 1. The van der Waals surface area contributed by atoms with Gasteiger partial charge in [0.05, 0.1) is 28.7 Å². The molecule has 1 fully saturated rings. The molecular formula is C29H29N5O3S2. The van der Waals surface area contributed by atoms with E-state index in [4.69, 9.17) is 14.7 Å². The Bertz CT molecular complexity index is 1720. The van der Waals surface area contributed by atoms with Gasteiger partial charge in [0.2, 0.25) is 5.95 Å². The van der Waals surface area contributed by atoms with E-state index >= 15 is 0 Å². The lowest BCUT2D eigenvalue weighted by molar-refractivity contribution is 0.0342. The number of rotatable bonds is 7. The highest BCUT2D eigenvalue weighted by Gasteiger charge is 2.23. The first-order valence-corrected chi connectivity index (χ1v) is 15.1. The van der Waals surface area contributed by atoms with E-state index < -0.39 is 10.0 Å². The van der Waals surface area contributed by atoms with Gasteiger partial charge >= 0.3 is 0 Å². The van der Waals surface area contributed by atoms with Crippen molar-refractivity contribution in [3.63, 3.8) is 0 Å². The molecule has 10 heteroatoms. The normalized spacial score (nSPS) is 14.6. The third kappa shape index (κ3) is 5.33. The Labute approximate surface area is 232 Å². The van der Waals surface area contributed by atoms with Crippen LogP contribution in [0.2, 0.25) is 0 Å². The highest BCUT2D eigenvalue weighted by Crippen LogP contribution is 2.34. The van der Waals surface area contributed by atoms with Crippen LogP contribution in [0.25, 0.3) is 21.6 Å². The molecular weight excluding hydrogens is 530 g/mol. The molecule has 0 amide bonds. The van der Waals surface area contributed by atoms with Crippen molar-refractivity contribution in [2.45, 2.75) is 25.3 Å². The summed E-state index contributed by atoms with van der Waals surface area (Å²) in [6, 6.07) is 18.8. The van der Waals surface area contributed by atoms with Gasteiger partial charge in [-0.05, 0) is 66.8 Å². The number of hydrogen-bond acceptors (Lipinski definition) is 8. The van der Waals surface area contributed by atoms with Crippen LogP contribution in [-0.2, 0) is 21.3 Å². The largest absolute Gasteiger partial charge is 0.379 e. The number of anilines is 2. The van der Waals surface area contributed by atoms with Crippen LogP contribution in [0.1, 0.15) is 16.7 Å². The first-order chi connectivity index (χ1) is 18.9. The SMILES string of the molecule is Cc1ccc(S(=O)(=O)n2ccc3c(-c4cc(C)cs4)nc(Nc4ccc(CN5CCOCC5)cc4)nc32)cc1. The summed E-state index contributed by atoms with van der Waals surface area (Å²) < 4.78 is 33.9. The van der Waals surface area contributed by atoms with Crippen molar-refractivity contribution in [2.75, 3.05) is 31.6 Å². The third-order valence-electron chi connectivity index (χ3n) is 6.77. The second-order valence-electron chi connectivity index (χ2n) is 9.76. The second kappa shape index (κ2) is 10.5. The highest BCUT2D eigenvalue weighted by molar-refractivity contribution is 7.90. The summed E-state index contributed by atoms with van der Waals surface area (Å²) in [7, 11) is -3.85. The van der Waals surface area contributed by atoms with Crippen molar-refractivity contribution in [1.29, 1.82) is 0 Å². The van der Waals surface area contributed by atoms with Crippen LogP contribution in [0, 0.1) is 13.8 Å². The first kappa shape index (κ1) is 25.7. The fourth-order valence-electron chi connectivity index (χ4n) is 4.65. The number of nitrogens with zero attached hydrogens (tertiary/aromatic N) is 4. The van der Waals surface area contributed by atoms with Crippen LogP contribution in [-0.4, -0.2) is 53.6 Å². The maximum Gasteiger partial charge on any atom is 0.269 e. The number of benzene rings is 2. The van der Waals surface area contributed by atoms with Crippen molar-refractivity contribution >= 4 is 44.0 Å². The highest BCUT2D eigenvalue weighted by atomic mass is 32.2. The summed E-state index contributed by atoms with van der Waals surface area (Å²) in [5.74, 6) is 0.337. The average Bonchev–Trinajstić information content (AvgIpc) is 3.57. The van der Waals surface area contributed by atoms with Crippen molar-refractivity contribution in [3.05, 3.63) is 88.9 Å². The second-order valence-corrected chi connectivity index (χ2v) is 12.5. The molecule has 39 heavy (non-hydrogen) atoms. The summed E-state index contributed by atoms with van der Waals surface area (Å²) in [5, 5.41) is 6.04. The molecule has 1 aliphatic heterocycles. The molecule has 1 N–H and O–H groups in total. The zero-order valence-corrected chi connectivity index (χ0v) is 23.4. The number of aromatic nitrogens is 3. The van der Waals surface area contributed by atoms with E-state index in [1.165, 1.54) is 9.54 Å². The Morgan fingerprint density at radius 3 is 2.38 bits per heavy atom. The number of ether oxygens (including phenoxy) is 1. The predicted octanol–water partition coefficient (Wildman–Crippen LogP) is 5.59. The quantitative estimate of drug-likeness (QED) is 0.278. The van der Waals surface area contributed by atoms with E-state index in [0.717, 1.165) is 54.5 Å². The van der Waals surface area contributed by atoms with Gasteiger partial charge in [0, 0.05) is 36.9 Å². The van der Waals surface area contributed by atoms with Crippen LogP contribution < -0.4 is 5.32 Å². The molecule has 1 saturated heterocycles. The zero-order chi connectivity index (χ0) is 27.0. The molecule has 0 radical (unpaired) electrons. The van der Waals surface area contributed by atoms with Crippen LogP contribution in [0.3, 0.4) is 0 Å². The molecule has 0 aliphatic carbocycles. The number of fused-ring (bicyclic) bond motifs is 1. The minimum absolute atomic E-state index is 0.211. The molecule has 6 rings (SSSR count). The lowest BCUT2D eigenvalue weighted by Gasteiger charge is -2.26. The van der Waals surface area contributed by atoms with Crippen LogP contribution in [0.5, 0.6) is 0 Å². The molecule has 4 heterocycles. The number of aryl methyl sites for hydroxylation is 2. The van der Waals surface area contributed by atoms with Crippen LogP contribution in [0.15, 0.2) is 77.1 Å². The Morgan fingerprint density at radius 2 is 1.69 bits per heavy atom. The molecule has 200 valence electrons. The Hall–Kier alpha value is -3.57. The monoisotopic (exact) mass is 559 g/mol. The first-order valence-electron chi connectivity index (χ1n) is 12.8. The molecule has 8 nitrogen and oxygen atoms in total. The maximum absolute atomic E-state index is 13.6. The molecule has 0 spiro atoms. The molecule has 0 bridgehead atoms. The smallest absolute Gasteiger partial charge is 0.269 e. The number of thiophene rings is 1. The van der Waals surface area contributed by atoms with Gasteiger partial charge in [-0.25, -0.2) is 17.4 Å². The Kier molecular flexibility index (Phi) is 6.94. The molecule has 5 aromatic rings. The molecule has 0 atom stereocenters. The van der Waals surface area contributed by atoms with Gasteiger partial charge in [-0.15, -0.1) is 11.3 Å². The molecule has 3 aromatic heterocycles. The summed E-state index contributed by atoms with van der Waals surface area (Å²) in [6.07, 6.45) is 1.56. The fraction of sp³-hybridized carbons (Fsp3) is 0.241. The van der Waals surface area contributed by atoms with E-state index in [-0.39, 0.29) is 4.90 Å². The van der Waals surface area contributed by atoms with E-state index in [1.807, 2.05) is 26.0 Å². The Balaban J connectivity index is 1.37. The van der Waals surface area contributed by atoms with Gasteiger partial charge < -0.3 is 10.1 Å². The van der Waals surface area contributed by atoms with Crippen molar-refractivity contribution in [1.82, 2.24) is 18.8 Å². The Morgan fingerprint density at radius 1 is 0.949 bits per heavy atom. The minimum atomic E-state index is -3.85. The van der Waals surface area contributed by atoms with Gasteiger partial charge in [-0.1, -0.05) is 29.8 Å². The molecule has 0 saturated carbocycles. The van der Waals surface area contributed by atoms with Gasteiger partial charge in [-0.3, -0.25) is 4.90 Å². The van der Waals surface area contributed by atoms with E-state index in [9.17, 15) is 8.42 Å². The maximum atomic E-state index is 13.6. The lowest BCUT2D eigenvalue weighted by atomic mass is 10.2. The van der Waals surface area contributed by atoms with E-state index in [1.54, 1.807) is 47.9 Å². The predicted molar refractivity (Wildman–Crippen MR) is 155 cm³/mol. The van der Waals surface area contributed by atoms with Gasteiger partial charge in [0.15, 0.2) is 5.65 Å². The summed E-state index contributed by atoms with van der Waals surface area (Å²) in [6.45, 7) is 8.24. The van der Waals surface area contributed by atoms with E-state index in [0.29, 0.717) is 22.7 Å². The zero-order valence-electron chi connectivity index (χ0n) is 21.8. The van der Waals surface area contributed by atoms with Gasteiger partial charge in [-0.2, -0.15) is 4.98 Å². The van der Waals surface area contributed by atoms with Gasteiger partial charge in [0.25, 0.3) is 10.0 Å². The van der Waals surface area contributed by atoms with Crippen molar-refractivity contribution in [3.8, 4) is 10.6 Å². The third-order valence-corrected chi connectivity index (χ3v) is 9.51. The summed E-state index contributed by atoms with van der Waals surface area (Å²) >= 11 is 1.58. The molecule has 2 aromatic carbocycles. The molecule has 0 unspecified atom stereocenters. The van der Waals surface area contributed by atoms with Crippen molar-refractivity contribution < 1.29 is 13.2 Å².